The van der Waals surface area contributed by atoms with Crippen molar-refractivity contribution in [2.45, 2.75) is 5.25 Å². The zero-order valence-electron chi connectivity index (χ0n) is 6.17. The Bertz CT molecular complexity index is 221. The van der Waals surface area contributed by atoms with Gasteiger partial charge in [-0.2, -0.15) is 11.8 Å². The largest absolute Gasteiger partial charge is 0.332 e. The number of imidazole rings is 1. The van der Waals surface area contributed by atoms with Crippen LogP contribution in [0.25, 0.3) is 0 Å². The summed E-state index contributed by atoms with van der Waals surface area (Å²) in [4.78, 5) is 7.00. The molecule has 3 nitrogen and oxygen atoms in total. The molecule has 0 spiro atoms. The maximum atomic E-state index is 5.65. The molecule has 0 amide bonds. The number of nitrogens with one attached hydrogen (secondary N) is 1. The molecule has 62 valence electrons. The molecule has 1 atom stereocenters. The van der Waals surface area contributed by atoms with Crippen molar-refractivity contribution in [2.24, 2.45) is 5.73 Å². The number of aromatic nitrogens is 2. The summed E-state index contributed by atoms with van der Waals surface area (Å²) in [5.74, 6) is 0.852. The first-order chi connectivity index (χ1) is 5.27. The summed E-state index contributed by atoms with van der Waals surface area (Å²) >= 11 is 7.31. The topological polar surface area (TPSA) is 54.7 Å². The van der Waals surface area contributed by atoms with Crippen molar-refractivity contribution < 1.29 is 0 Å². The smallest absolute Gasteiger partial charge is 0.126 e. The second-order valence-electron chi connectivity index (χ2n) is 2.08. The molecule has 1 heterocycles. The number of aromatic amines is 1. The average molecular weight is 192 g/mol. The Morgan fingerprint density at radius 2 is 2.64 bits per heavy atom. The maximum Gasteiger partial charge on any atom is 0.126 e. The molecular formula is C6H10ClN3S. The molecule has 1 aromatic heterocycles. The van der Waals surface area contributed by atoms with E-state index < -0.39 is 0 Å². The third-order valence-electron chi connectivity index (χ3n) is 1.37. The van der Waals surface area contributed by atoms with Gasteiger partial charge >= 0.3 is 0 Å². The number of hydrogen-bond donors (Lipinski definition) is 2. The Morgan fingerprint density at radius 1 is 1.91 bits per heavy atom. The predicted octanol–water partition coefficient (Wildman–Crippen LogP) is 1.43. The number of thioether (sulfide) groups is 1. The molecule has 5 heteroatoms. The Balaban J connectivity index is 2.73. The van der Waals surface area contributed by atoms with Crippen molar-refractivity contribution in [3.8, 4) is 0 Å². The van der Waals surface area contributed by atoms with Gasteiger partial charge in [-0.15, -0.1) is 0 Å². The van der Waals surface area contributed by atoms with Gasteiger partial charge in [-0.25, -0.2) is 4.98 Å². The van der Waals surface area contributed by atoms with Gasteiger partial charge < -0.3 is 10.7 Å². The van der Waals surface area contributed by atoms with E-state index >= 15 is 0 Å². The molecule has 0 bridgehead atoms. The van der Waals surface area contributed by atoms with E-state index in [9.17, 15) is 0 Å². The minimum absolute atomic E-state index is 0.225. The number of nitrogens with zero attached hydrogens (tertiary/aromatic N) is 1. The molecule has 0 aliphatic heterocycles. The SMILES string of the molecule is CSC(CN)c1ncc(Cl)[nH]1. The lowest BCUT2D eigenvalue weighted by atomic mass is 10.4. The molecule has 11 heavy (non-hydrogen) atoms. The summed E-state index contributed by atoms with van der Waals surface area (Å²) in [7, 11) is 0. The van der Waals surface area contributed by atoms with Crippen LogP contribution in [-0.4, -0.2) is 22.8 Å². The van der Waals surface area contributed by atoms with Crippen LogP contribution in [0.15, 0.2) is 6.20 Å². The Labute approximate surface area is 74.7 Å². The molecule has 0 aromatic carbocycles. The van der Waals surface area contributed by atoms with Gasteiger partial charge in [0.2, 0.25) is 0 Å². The first-order valence-electron chi connectivity index (χ1n) is 3.21. The van der Waals surface area contributed by atoms with E-state index in [-0.39, 0.29) is 5.25 Å². The average Bonchev–Trinajstić information content (AvgIpc) is 2.39. The lowest BCUT2D eigenvalue weighted by molar-refractivity contribution is 0.873. The van der Waals surface area contributed by atoms with Crippen LogP contribution >= 0.6 is 23.4 Å². The highest BCUT2D eigenvalue weighted by Gasteiger charge is 2.10. The number of halogens is 1. The van der Waals surface area contributed by atoms with Crippen LogP contribution in [0, 0.1) is 0 Å². The fraction of sp³-hybridized carbons (Fsp3) is 0.500. The highest BCUT2D eigenvalue weighted by molar-refractivity contribution is 7.98. The quantitative estimate of drug-likeness (QED) is 0.760. The van der Waals surface area contributed by atoms with Crippen molar-refractivity contribution in [3.63, 3.8) is 0 Å². The molecule has 1 aromatic rings. The monoisotopic (exact) mass is 191 g/mol. The molecule has 1 rings (SSSR count). The minimum Gasteiger partial charge on any atom is -0.332 e. The Hall–Kier alpha value is -0.190. The van der Waals surface area contributed by atoms with Crippen molar-refractivity contribution in [1.29, 1.82) is 0 Å². The summed E-state index contributed by atoms with van der Waals surface area (Å²) in [5, 5.41) is 0.787. The lowest BCUT2D eigenvalue weighted by Gasteiger charge is -2.06. The summed E-state index contributed by atoms with van der Waals surface area (Å²) < 4.78 is 0. The van der Waals surface area contributed by atoms with E-state index in [1.54, 1.807) is 18.0 Å². The number of rotatable bonds is 3. The van der Waals surface area contributed by atoms with Gasteiger partial charge in [-0.05, 0) is 6.26 Å². The van der Waals surface area contributed by atoms with Gasteiger partial charge in [0.1, 0.15) is 11.0 Å². The molecule has 0 saturated heterocycles. The molecule has 1 unspecified atom stereocenters. The Kier molecular flexibility index (Phi) is 3.23. The minimum atomic E-state index is 0.225. The standard InChI is InChI=1S/C6H10ClN3S/c1-11-4(2-8)6-9-3-5(7)10-6/h3-4H,2,8H2,1H3,(H,9,10). The van der Waals surface area contributed by atoms with Gasteiger partial charge in [0.25, 0.3) is 0 Å². The van der Waals surface area contributed by atoms with Crippen LogP contribution in [0.1, 0.15) is 11.1 Å². The maximum absolute atomic E-state index is 5.65. The summed E-state index contributed by atoms with van der Waals surface area (Å²) in [6, 6.07) is 0. The van der Waals surface area contributed by atoms with Gasteiger partial charge in [0.05, 0.1) is 11.4 Å². The van der Waals surface area contributed by atoms with Crippen LogP contribution in [0.5, 0.6) is 0 Å². The van der Waals surface area contributed by atoms with Crippen LogP contribution in [0.4, 0.5) is 0 Å². The highest BCUT2D eigenvalue weighted by atomic mass is 35.5. The van der Waals surface area contributed by atoms with E-state index in [0.717, 1.165) is 5.82 Å². The van der Waals surface area contributed by atoms with Crippen molar-refractivity contribution in [3.05, 3.63) is 17.2 Å². The molecule has 0 aliphatic rings. The fourth-order valence-corrected chi connectivity index (χ4v) is 1.48. The first-order valence-corrected chi connectivity index (χ1v) is 4.87. The second-order valence-corrected chi connectivity index (χ2v) is 3.52. The van der Waals surface area contributed by atoms with Crippen molar-refractivity contribution in [2.75, 3.05) is 12.8 Å². The van der Waals surface area contributed by atoms with Gasteiger partial charge in [0.15, 0.2) is 0 Å². The molecule has 0 aliphatic carbocycles. The third-order valence-corrected chi connectivity index (χ3v) is 2.54. The van der Waals surface area contributed by atoms with Crippen LogP contribution in [0.3, 0.4) is 0 Å². The van der Waals surface area contributed by atoms with Gasteiger partial charge in [-0.3, -0.25) is 0 Å². The van der Waals surface area contributed by atoms with Crippen LogP contribution in [0.2, 0.25) is 5.15 Å². The van der Waals surface area contributed by atoms with E-state index in [2.05, 4.69) is 9.97 Å². The second kappa shape index (κ2) is 3.99. The zero-order valence-corrected chi connectivity index (χ0v) is 7.75. The number of H-pyrrole nitrogens is 1. The molecular weight excluding hydrogens is 182 g/mol. The third kappa shape index (κ3) is 2.12. The molecule has 3 N–H and O–H groups in total. The van der Waals surface area contributed by atoms with Gasteiger partial charge in [0, 0.05) is 6.54 Å². The fourth-order valence-electron chi connectivity index (χ4n) is 0.796. The summed E-state index contributed by atoms with van der Waals surface area (Å²) in [6.07, 6.45) is 3.59. The van der Waals surface area contributed by atoms with E-state index in [4.69, 9.17) is 17.3 Å². The lowest BCUT2D eigenvalue weighted by Crippen LogP contribution is -2.10. The highest BCUT2D eigenvalue weighted by Crippen LogP contribution is 2.22. The molecule has 0 fully saturated rings. The van der Waals surface area contributed by atoms with Gasteiger partial charge in [-0.1, -0.05) is 11.6 Å². The van der Waals surface area contributed by atoms with Crippen molar-refractivity contribution in [1.82, 2.24) is 9.97 Å². The summed E-state index contributed by atoms with van der Waals surface area (Å²) in [5.41, 5.74) is 5.50. The first kappa shape index (κ1) is 8.90. The normalized spacial score (nSPS) is 13.4. The number of hydrogen-bond acceptors (Lipinski definition) is 3. The van der Waals surface area contributed by atoms with E-state index in [1.165, 1.54) is 0 Å². The van der Waals surface area contributed by atoms with Crippen LogP contribution < -0.4 is 5.73 Å². The summed E-state index contributed by atoms with van der Waals surface area (Å²) in [6.45, 7) is 0.574. The number of nitrogens with two attached hydrogens (primary N) is 1. The predicted molar refractivity (Wildman–Crippen MR) is 48.9 cm³/mol. The van der Waals surface area contributed by atoms with Crippen LogP contribution in [-0.2, 0) is 0 Å². The van der Waals surface area contributed by atoms with E-state index in [0.29, 0.717) is 11.7 Å². The molecule has 0 saturated carbocycles. The molecule has 0 radical (unpaired) electrons. The Morgan fingerprint density at radius 3 is 3.00 bits per heavy atom. The van der Waals surface area contributed by atoms with E-state index in [1.807, 2.05) is 6.26 Å². The zero-order chi connectivity index (χ0) is 8.27. The van der Waals surface area contributed by atoms with Crippen molar-refractivity contribution >= 4 is 23.4 Å².